The molecule has 0 bridgehead atoms. The molecule has 2 nitrogen and oxygen atoms in total. The number of thioether (sulfide) groups is 1. The summed E-state index contributed by atoms with van der Waals surface area (Å²) in [4.78, 5) is 5.80. The summed E-state index contributed by atoms with van der Waals surface area (Å²) in [6, 6.07) is 10.1. The zero-order chi connectivity index (χ0) is 11.6. The number of aliphatic imine (C=N–C) groups is 1. The highest BCUT2D eigenvalue weighted by Gasteiger charge is 2.32. The van der Waals surface area contributed by atoms with E-state index in [1.165, 1.54) is 0 Å². The molecule has 1 aliphatic rings. The number of para-hydroxylation sites is 1. The SMILES string of the molecule is C=C1SC(Nc2ccccc2)=N[C@]1(C)CC. The molecule has 0 saturated carbocycles. The maximum Gasteiger partial charge on any atom is 0.166 e. The van der Waals surface area contributed by atoms with E-state index in [0.717, 1.165) is 22.2 Å². The molecule has 1 N–H and O–H groups in total. The van der Waals surface area contributed by atoms with Crippen molar-refractivity contribution in [2.45, 2.75) is 25.8 Å². The molecule has 1 aromatic carbocycles. The predicted octanol–water partition coefficient (Wildman–Crippen LogP) is 3.88. The zero-order valence-electron chi connectivity index (χ0n) is 9.66. The topological polar surface area (TPSA) is 24.4 Å². The van der Waals surface area contributed by atoms with Gasteiger partial charge in [-0.3, -0.25) is 4.99 Å². The monoisotopic (exact) mass is 232 g/mol. The molecule has 0 unspecified atom stereocenters. The highest BCUT2D eigenvalue weighted by Crippen LogP contribution is 2.40. The van der Waals surface area contributed by atoms with Crippen LogP contribution in [-0.2, 0) is 0 Å². The summed E-state index contributed by atoms with van der Waals surface area (Å²) in [5.41, 5.74) is 0.962. The van der Waals surface area contributed by atoms with Gasteiger partial charge in [-0.25, -0.2) is 0 Å². The van der Waals surface area contributed by atoms with Crippen LogP contribution in [0.15, 0.2) is 46.8 Å². The molecule has 0 aromatic heterocycles. The van der Waals surface area contributed by atoms with Crippen molar-refractivity contribution in [2.24, 2.45) is 4.99 Å². The second-order valence-electron chi connectivity index (χ2n) is 4.06. The quantitative estimate of drug-likeness (QED) is 0.836. The summed E-state index contributed by atoms with van der Waals surface area (Å²) < 4.78 is 0. The van der Waals surface area contributed by atoms with Crippen LogP contribution in [0.3, 0.4) is 0 Å². The first kappa shape index (κ1) is 11.3. The molecule has 1 aliphatic heterocycles. The van der Waals surface area contributed by atoms with Crippen molar-refractivity contribution >= 4 is 22.6 Å². The molecule has 84 valence electrons. The lowest BCUT2D eigenvalue weighted by Gasteiger charge is -2.17. The zero-order valence-corrected chi connectivity index (χ0v) is 10.5. The van der Waals surface area contributed by atoms with Gasteiger partial charge in [0, 0.05) is 10.6 Å². The van der Waals surface area contributed by atoms with Crippen LogP contribution in [0.2, 0.25) is 0 Å². The molecule has 1 atom stereocenters. The third kappa shape index (κ3) is 2.14. The van der Waals surface area contributed by atoms with Gasteiger partial charge in [0.1, 0.15) is 0 Å². The van der Waals surface area contributed by atoms with E-state index in [0.29, 0.717) is 0 Å². The Kier molecular flexibility index (Phi) is 3.06. The Hall–Kier alpha value is -1.22. The summed E-state index contributed by atoms with van der Waals surface area (Å²) in [7, 11) is 0. The van der Waals surface area contributed by atoms with Crippen molar-refractivity contribution < 1.29 is 0 Å². The smallest absolute Gasteiger partial charge is 0.166 e. The predicted molar refractivity (Wildman–Crippen MR) is 72.9 cm³/mol. The number of nitrogens with zero attached hydrogens (tertiary/aromatic N) is 1. The molecule has 0 saturated heterocycles. The van der Waals surface area contributed by atoms with E-state index in [2.05, 4.69) is 30.7 Å². The van der Waals surface area contributed by atoms with E-state index in [9.17, 15) is 0 Å². The van der Waals surface area contributed by atoms with E-state index in [-0.39, 0.29) is 5.54 Å². The van der Waals surface area contributed by atoms with Gasteiger partial charge in [-0.1, -0.05) is 43.5 Å². The summed E-state index contributed by atoms with van der Waals surface area (Å²) in [5, 5.41) is 4.26. The first-order valence-electron chi connectivity index (χ1n) is 5.43. The number of rotatable bonds is 2. The Morgan fingerprint density at radius 1 is 1.38 bits per heavy atom. The van der Waals surface area contributed by atoms with Crippen molar-refractivity contribution in [3.63, 3.8) is 0 Å². The van der Waals surface area contributed by atoms with Crippen LogP contribution >= 0.6 is 11.8 Å². The van der Waals surface area contributed by atoms with E-state index >= 15 is 0 Å². The van der Waals surface area contributed by atoms with Crippen molar-refractivity contribution in [3.8, 4) is 0 Å². The average molecular weight is 232 g/mol. The molecule has 1 aromatic rings. The lowest BCUT2D eigenvalue weighted by Crippen LogP contribution is -2.18. The summed E-state index contributed by atoms with van der Waals surface area (Å²) in [5.74, 6) is 0. The standard InChI is InChI=1S/C13H16N2S/c1-4-13(3)10(2)16-12(15-13)14-11-8-6-5-7-9-11/h5-9H,2,4H2,1,3H3,(H,14,15)/t13-/m1/s1. The first-order valence-corrected chi connectivity index (χ1v) is 6.25. The Morgan fingerprint density at radius 2 is 2.06 bits per heavy atom. The number of anilines is 1. The summed E-state index contributed by atoms with van der Waals surface area (Å²) >= 11 is 1.64. The van der Waals surface area contributed by atoms with Gasteiger partial charge in [0.2, 0.25) is 0 Å². The Morgan fingerprint density at radius 3 is 2.62 bits per heavy atom. The van der Waals surface area contributed by atoms with Gasteiger partial charge >= 0.3 is 0 Å². The summed E-state index contributed by atoms with van der Waals surface area (Å²) in [6.07, 6.45) is 0.985. The van der Waals surface area contributed by atoms with Gasteiger partial charge in [-0.2, -0.15) is 0 Å². The molecule has 1 heterocycles. The van der Waals surface area contributed by atoms with Crippen molar-refractivity contribution in [3.05, 3.63) is 41.8 Å². The van der Waals surface area contributed by atoms with E-state index in [1.54, 1.807) is 11.8 Å². The largest absolute Gasteiger partial charge is 0.335 e. The first-order chi connectivity index (χ1) is 7.64. The highest BCUT2D eigenvalue weighted by atomic mass is 32.2. The normalized spacial score (nSPS) is 24.4. The molecule has 0 amide bonds. The second-order valence-corrected chi connectivity index (χ2v) is 5.14. The average Bonchev–Trinajstić information content (AvgIpc) is 2.56. The van der Waals surface area contributed by atoms with Gasteiger partial charge in [0.15, 0.2) is 5.17 Å². The third-order valence-corrected chi connectivity index (χ3v) is 3.96. The lowest BCUT2D eigenvalue weighted by molar-refractivity contribution is 0.567. The van der Waals surface area contributed by atoms with E-state index < -0.39 is 0 Å². The maximum atomic E-state index is 4.68. The second kappa shape index (κ2) is 4.34. The number of benzene rings is 1. The van der Waals surface area contributed by atoms with Crippen LogP contribution in [0.25, 0.3) is 0 Å². The Balaban J connectivity index is 2.14. The minimum atomic E-state index is -0.109. The van der Waals surface area contributed by atoms with Crippen LogP contribution in [-0.4, -0.2) is 10.7 Å². The maximum absolute atomic E-state index is 4.68. The number of hydrogen-bond donors (Lipinski definition) is 1. The highest BCUT2D eigenvalue weighted by molar-refractivity contribution is 8.17. The fourth-order valence-corrected chi connectivity index (χ4v) is 2.57. The van der Waals surface area contributed by atoms with Crippen LogP contribution < -0.4 is 5.32 Å². The minimum absolute atomic E-state index is 0.109. The summed E-state index contributed by atoms with van der Waals surface area (Å²) in [6.45, 7) is 8.35. The molecular weight excluding hydrogens is 216 g/mol. The molecule has 16 heavy (non-hydrogen) atoms. The molecular formula is C13H16N2S. The van der Waals surface area contributed by atoms with Crippen LogP contribution in [0, 0.1) is 0 Å². The van der Waals surface area contributed by atoms with E-state index in [4.69, 9.17) is 0 Å². The molecule has 0 spiro atoms. The molecule has 0 aliphatic carbocycles. The minimum Gasteiger partial charge on any atom is -0.335 e. The van der Waals surface area contributed by atoms with Crippen LogP contribution in [0.5, 0.6) is 0 Å². The fourth-order valence-electron chi connectivity index (χ4n) is 1.51. The number of nitrogens with one attached hydrogen (secondary N) is 1. The molecule has 3 heteroatoms. The van der Waals surface area contributed by atoms with Gasteiger partial charge in [0.05, 0.1) is 5.54 Å². The lowest BCUT2D eigenvalue weighted by atomic mass is 10.0. The Labute approximate surface area is 101 Å². The molecule has 0 fully saturated rings. The van der Waals surface area contributed by atoms with Gasteiger partial charge < -0.3 is 5.32 Å². The third-order valence-electron chi connectivity index (χ3n) is 2.88. The van der Waals surface area contributed by atoms with Gasteiger partial charge in [-0.05, 0) is 25.5 Å². The van der Waals surface area contributed by atoms with Gasteiger partial charge in [0.25, 0.3) is 0 Å². The van der Waals surface area contributed by atoms with Crippen molar-refractivity contribution in [1.29, 1.82) is 0 Å². The van der Waals surface area contributed by atoms with E-state index in [1.807, 2.05) is 30.3 Å². The fraction of sp³-hybridized carbons (Fsp3) is 0.308. The van der Waals surface area contributed by atoms with Crippen molar-refractivity contribution in [2.75, 3.05) is 5.32 Å². The molecule has 2 rings (SSSR count). The Bertz CT molecular complexity index is 425. The van der Waals surface area contributed by atoms with Crippen LogP contribution in [0.1, 0.15) is 20.3 Å². The van der Waals surface area contributed by atoms with Gasteiger partial charge in [-0.15, -0.1) is 0 Å². The number of hydrogen-bond acceptors (Lipinski definition) is 3. The van der Waals surface area contributed by atoms with Crippen LogP contribution in [0.4, 0.5) is 5.69 Å². The molecule has 0 radical (unpaired) electrons. The van der Waals surface area contributed by atoms with Crippen molar-refractivity contribution in [1.82, 2.24) is 0 Å². The number of amidine groups is 1.